The fraction of sp³-hybridized carbons (Fsp3) is 0.312. The lowest BCUT2D eigenvalue weighted by Crippen LogP contribution is -2.12. The van der Waals surface area contributed by atoms with Crippen LogP contribution in [0.3, 0.4) is 0 Å². The van der Waals surface area contributed by atoms with Crippen LogP contribution in [0.4, 0.5) is 0 Å². The Bertz CT molecular complexity index is 489. The van der Waals surface area contributed by atoms with E-state index in [1.165, 1.54) is 11.1 Å². The van der Waals surface area contributed by atoms with E-state index in [1.807, 2.05) is 31.2 Å². The Labute approximate surface area is 103 Å². The smallest absolute Gasteiger partial charge is 0.189 e. The highest BCUT2D eigenvalue weighted by molar-refractivity contribution is 6.09. The highest BCUT2D eigenvalue weighted by Crippen LogP contribution is 2.25. The van der Waals surface area contributed by atoms with Crippen LogP contribution < -0.4 is 0 Å². The van der Waals surface area contributed by atoms with Crippen LogP contribution in [-0.2, 0) is 0 Å². The van der Waals surface area contributed by atoms with Gasteiger partial charge in [-0.2, -0.15) is 0 Å². The van der Waals surface area contributed by atoms with Crippen molar-refractivity contribution in [3.63, 3.8) is 0 Å². The first kappa shape index (κ1) is 11.8. The summed E-state index contributed by atoms with van der Waals surface area (Å²) in [7, 11) is 0. The molecule has 0 amide bonds. The SMILES string of the molecule is CC1=CC(C)C(C(=O)c2ccc(C)cc2)=CC1. The zero-order valence-electron chi connectivity index (χ0n) is 10.7. The normalized spacial score (nSPS) is 19.6. The Morgan fingerprint density at radius 1 is 1.18 bits per heavy atom. The van der Waals surface area contributed by atoms with Gasteiger partial charge in [-0.05, 0) is 20.3 Å². The molecule has 0 saturated carbocycles. The fourth-order valence-electron chi connectivity index (χ4n) is 2.21. The van der Waals surface area contributed by atoms with E-state index < -0.39 is 0 Å². The van der Waals surface area contributed by atoms with Crippen molar-refractivity contribution in [2.45, 2.75) is 27.2 Å². The summed E-state index contributed by atoms with van der Waals surface area (Å²) in [4.78, 5) is 12.3. The maximum Gasteiger partial charge on any atom is 0.189 e. The molecule has 0 fully saturated rings. The van der Waals surface area contributed by atoms with E-state index in [2.05, 4.69) is 26.0 Å². The maximum absolute atomic E-state index is 12.3. The van der Waals surface area contributed by atoms with E-state index in [0.29, 0.717) is 0 Å². The van der Waals surface area contributed by atoms with Gasteiger partial charge in [0.15, 0.2) is 5.78 Å². The summed E-state index contributed by atoms with van der Waals surface area (Å²) >= 11 is 0. The molecule has 1 nitrogen and oxygen atoms in total. The van der Waals surface area contributed by atoms with Gasteiger partial charge in [-0.1, -0.05) is 54.5 Å². The minimum Gasteiger partial charge on any atom is -0.289 e. The summed E-state index contributed by atoms with van der Waals surface area (Å²) < 4.78 is 0. The zero-order valence-corrected chi connectivity index (χ0v) is 10.7. The van der Waals surface area contributed by atoms with Crippen LogP contribution in [0, 0.1) is 12.8 Å². The van der Waals surface area contributed by atoms with Gasteiger partial charge < -0.3 is 0 Å². The Kier molecular flexibility index (Phi) is 3.28. The average molecular weight is 226 g/mol. The van der Waals surface area contributed by atoms with Crippen molar-refractivity contribution in [2.24, 2.45) is 5.92 Å². The topological polar surface area (TPSA) is 17.1 Å². The highest BCUT2D eigenvalue weighted by Gasteiger charge is 2.19. The lowest BCUT2D eigenvalue weighted by molar-refractivity contribution is 0.102. The third kappa shape index (κ3) is 2.55. The summed E-state index contributed by atoms with van der Waals surface area (Å²) in [6.07, 6.45) is 5.15. The molecule has 2 rings (SSSR count). The van der Waals surface area contributed by atoms with Gasteiger partial charge in [0.05, 0.1) is 0 Å². The van der Waals surface area contributed by atoms with Gasteiger partial charge in [0.1, 0.15) is 0 Å². The molecule has 17 heavy (non-hydrogen) atoms. The van der Waals surface area contributed by atoms with Crippen molar-refractivity contribution in [3.8, 4) is 0 Å². The van der Waals surface area contributed by atoms with Crippen molar-refractivity contribution in [1.29, 1.82) is 0 Å². The molecule has 0 spiro atoms. The Morgan fingerprint density at radius 3 is 2.41 bits per heavy atom. The minimum absolute atomic E-state index is 0.168. The molecule has 0 aromatic heterocycles. The second-order valence-corrected chi connectivity index (χ2v) is 4.86. The summed E-state index contributed by atoms with van der Waals surface area (Å²) in [6.45, 7) is 6.23. The molecular weight excluding hydrogens is 208 g/mol. The molecule has 1 aliphatic carbocycles. The number of rotatable bonds is 2. The lowest BCUT2D eigenvalue weighted by atomic mass is 9.86. The molecule has 0 aliphatic heterocycles. The lowest BCUT2D eigenvalue weighted by Gasteiger charge is -2.17. The summed E-state index contributed by atoms with van der Waals surface area (Å²) in [6, 6.07) is 7.80. The van der Waals surface area contributed by atoms with Crippen LogP contribution in [0.2, 0.25) is 0 Å². The van der Waals surface area contributed by atoms with Gasteiger partial charge in [-0.15, -0.1) is 0 Å². The van der Waals surface area contributed by atoms with Crippen molar-refractivity contribution >= 4 is 5.78 Å². The van der Waals surface area contributed by atoms with Crippen LogP contribution in [-0.4, -0.2) is 5.78 Å². The van der Waals surface area contributed by atoms with Crippen molar-refractivity contribution < 1.29 is 4.79 Å². The van der Waals surface area contributed by atoms with Gasteiger partial charge in [0, 0.05) is 17.1 Å². The number of hydrogen-bond donors (Lipinski definition) is 0. The molecule has 0 heterocycles. The highest BCUT2D eigenvalue weighted by atomic mass is 16.1. The van der Waals surface area contributed by atoms with Gasteiger partial charge >= 0.3 is 0 Å². The third-order valence-electron chi connectivity index (χ3n) is 3.24. The molecule has 1 unspecified atom stereocenters. The van der Waals surface area contributed by atoms with Gasteiger partial charge in [0.25, 0.3) is 0 Å². The van der Waals surface area contributed by atoms with Crippen LogP contribution in [0.25, 0.3) is 0 Å². The first-order chi connectivity index (χ1) is 8.08. The first-order valence-corrected chi connectivity index (χ1v) is 6.06. The molecule has 0 saturated heterocycles. The summed E-state index contributed by atoms with van der Waals surface area (Å²) in [5.41, 5.74) is 4.25. The predicted octanol–water partition coefficient (Wildman–Crippen LogP) is 4.09. The van der Waals surface area contributed by atoms with Crippen molar-refractivity contribution in [1.82, 2.24) is 0 Å². The molecule has 0 radical (unpaired) electrons. The van der Waals surface area contributed by atoms with Crippen LogP contribution >= 0.6 is 0 Å². The number of benzene rings is 1. The third-order valence-corrected chi connectivity index (χ3v) is 3.24. The van der Waals surface area contributed by atoms with E-state index in [1.54, 1.807) is 0 Å². The van der Waals surface area contributed by atoms with Crippen LogP contribution in [0.1, 0.15) is 36.2 Å². The number of carbonyl (C=O) groups is 1. The molecule has 1 aromatic carbocycles. The Balaban J connectivity index is 2.24. The maximum atomic E-state index is 12.3. The van der Waals surface area contributed by atoms with E-state index >= 15 is 0 Å². The molecule has 1 aromatic rings. The second-order valence-electron chi connectivity index (χ2n) is 4.86. The molecule has 0 bridgehead atoms. The first-order valence-electron chi connectivity index (χ1n) is 6.06. The van der Waals surface area contributed by atoms with Crippen LogP contribution in [0.15, 0.2) is 47.6 Å². The standard InChI is InChI=1S/C16H18O/c1-11-4-7-14(8-5-11)16(17)15-9-6-12(2)10-13(15)3/h4-5,7-10,13H,6H2,1-3H3. The number of carbonyl (C=O) groups excluding carboxylic acids is 1. The van der Waals surface area contributed by atoms with E-state index in [4.69, 9.17) is 0 Å². The largest absolute Gasteiger partial charge is 0.289 e. The minimum atomic E-state index is 0.168. The van der Waals surface area contributed by atoms with Crippen LogP contribution in [0.5, 0.6) is 0 Å². The Morgan fingerprint density at radius 2 is 1.82 bits per heavy atom. The van der Waals surface area contributed by atoms with Gasteiger partial charge in [-0.25, -0.2) is 0 Å². The summed E-state index contributed by atoms with van der Waals surface area (Å²) in [5, 5.41) is 0. The molecule has 0 N–H and O–H groups in total. The monoisotopic (exact) mass is 226 g/mol. The molecule has 1 aliphatic rings. The average Bonchev–Trinajstić information content (AvgIpc) is 2.29. The predicted molar refractivity (Wildman–Crippen MR) is 71.1 cm³/mol. The zero-order chi connectivity index (χ0) is 12.4. The number of aryl methyl sites for hydroxylation is 1. The quantitative estimate of drug-likeness (QED) is 0.548. The fourth-order valence-corrected chi connectivity index (χ4v) is 2.21. The Hall–Kier alpha value is -1.63. The number of ketones is 1. The van der Waals surface area contributed by atoms with Gasteiger partial charge in [0.2, 0.25) is 0 Å². The van der Waals surface area contributed by atoms with E-state index in [0.717, 1.165) is 17.6 Å². The van der Waals surface area contributed by atoms with Gasteiger partial charge in [-0.3, -0.25) is 4.79 Å². The molecular formula is C16H18O. The summed E-state index contributed by atoms with van der Waals surface area (Å²) in [5.74, 6) is 0.402. The number of allylic oxidation sites excluding steroid dienone is 4. The van der Waals surface area contributed by atoms with E-state index in [9.17, 15) is 4.79 Å². The molecule has 88 valence electrons. The molecule has 1 atom stereocenters. The number of Topliss-reactive ketones (excluding diaryl/α,β-unsaturated/α-hetero) is 1. The molecule has 1 heteroatoms. The van der Waals surface area contributed by atoms with Crippen molar-refractivity contribution in [2.75, 3.05) is 0 Å². The van der Waals surface area contributed by atoms with Crippen molar-refractivity contribution in [3.05, 3.63) is 58.7 Å². The number of hydrogen-bond acceptors (Lipinski definition) is 1. The second kappa shape index (κ2) is 4.70. The van der Waals surface area contributed by atoms with E-state index in [-0.39, 0.29) is 11.7 Å².